The number of anilines is 1. The summed E-state index contributed by atoms with van der Waals surface area (Å²) in [5.74, 6) is 1.96. The lowest BCUT2D eigenvalue weighted by molar-refractivity contribution is -0.133. The van der Waals surface area contributed by atoms with Gasteiger partial charge in [-0.2, -0.15) is 5.10 Å². The Hall–Kier alpha value is -2.83. The molecule has 7 heteroatoms. The molecule has 2 aliphatic rings. The molecule has 1 N–H and O–H groups in total. The Balaban J connectivity index is 1.32. The normalized spacial score (nSPS) is 17.5. The first kappa shape index (κ1) is 22.4. The molecule has 2 fully saturated rings. The van der Waals surface area contributed by atoms with E-state index in [1.165, 1.54) is 25.7 Å². The van der Waals surface area contributed by atoms with E-state index in [0.29, 0.717) is 23.3 Å². The number of ether oxygens (including phenoxy) is 1. The molecule has 4 rings (SSSR count). The summed E-state index contributed by atoms with van der Waals surface area (Å²) in [5.41, 5.74) is 2.16. The van der Waals surface area contributed by atoms with Crippen molar-refractivity contribution in [1.29, 1.82) is 0 Å². The summed E-state index contributed by atoms with van der Waals surface area (Å²) in [7, 11) is 3.46. The van der Waals surface area contributed by atoms with Crippen LogP contribution in [-0.2, 0) is 18.3 Å². The summed E-state index contributed by atoms with van der Waals surface area (Å²) >= 11 is 0. The van der Waals surface area contributed by atoms with Crippen LogP contribution in [0.2, 0.25) is 0 Å². The van der Waals surface area contributed by atoms with Gasteiger partial charge >= 0.3 is 0 Å². The lowest BCUT2D eigenvalue weighted by Crippen LogP contribution is -2.39. The summed E-state index contributed by atoms with van der Waals surface area (Å²) in [6, 6.07) is 7.29. The smallest absolute Gasteiger partial charge is 0.259 e. The van der Waals surface area contributed by atoms with Gasteiger partial charge < -0.3 is 15.0 Å². The van der Waals surface area contributed by atoms with Crippen LogP contribution in [0, 0.1) is 11.8 Å². The zero-order valence-electron chi connectivity index (χ0n) is 19.2. The number of likely N-dealkylation sites (tertiary alicyclic amines) is 1. The SMILES string of the molecule is COc1ccc(NC(=O)c2cn(C)nc2CC2CCN(C(=O)CC3CCCC3)CC2)cc1. The number of benzene rings is 1. The van der Waals surface area contributed by atoms with Crippen molar-refractivity contribution in [1.82, 2.24) is 14.7 Å². The fourth-order valence-electron chi connectivity index (χ4n) is 5.00. The first-order chi connectivity index (χ1) is 15.5. The van der Waals surface area contributed by atoms with Gasteiger partial charge in [0.1, 0.15) is 5.75 Å². The number of rotatable bonds is 7. The van der Waals surface area contributed by atoms with Crippen molar-refractivity contribution in [3.05, 3.63) is 41.7 Å². The molecule has 1 aromatic carbocycles. The Kier molecular flexibility index (Phi) is 7.12. The van der Waals surface area contributed by atoms with Crippen molar-refractivity contribution in [2.45, 2.75) is 51.4 Å². The maximum absolute atomic E-state index is 12.9. The Labute approximate surface area is 190 Å². The number of hydrogen-bond donors (Lipinski definition) is 1. The van der Waals surface area contributed by atoms with E-state index < -0.39 is 0 Å². The van der Waals surface area contributed by atoms with Gasteiger partial charge in [0.05, 0.1) is 18.4 Å². The molecule has 1 saturated heterocycles. The molecule has 7 nitrogen and oxygen atoms in total. The van der Waals surface area contributed by atoms with Crippen LogP contribution in [0.25, 0.3) is 0 Å². The Bertz CT molecular complexity index is 923. The summed E-state index contributed by atoms with van der Waals surface area (Å²) in [4.78, 5) is 27.6. The molecular formula is C25H34N4O3. The molecule has 1 aliphatic carbocycles. The highest BCUT2D eigenvalue weighted by molar-refractivity contribution is 6.05. The molecule has 0 atom stereocenters. The van der Waals surface area contributed by atoms with E-state index in [4.69, 9.17) is 4.74 Å². The van der Waals surface area contributed by atoms with Gasteiger partial charge in [0, 0.05) is 38.4 Å². The van der Waals surface area contributed by atoms with Crippen LogP contribution in [-0.4, -0.2) is 46.7 Å². The van der Waals surface area contributed by atoms with Crippen molar-refractivity contribution in [3.8, 4) is 5.75 Å². The van der Waals surface area contributed by atoms with E-state index in [2.05, 4.69) is 10.4 Å². The Morgan fingerprint density at radius 1 is 1.06 bits per heavy atom. The molecule has 32 heavy (non-hydrogen) atoms. The van der Waals surface area contributed by atoms with Gasteiger partial charge in [-0.15, -0.1) is 0 Å². The van der Waals surface area contributed by atoms with Gasteiger partial charge in [-0.1, -0.05) is 12.8 Å². The number of methoxy groups -OCH3 is 1. The van der Waals surface area contributed by atoms with E-state index in [0.717, 1.165) is 55.9 Å². The summed E-state index contributed by atoms with van der Waals surface area (Å²) in [6.07, 6.45) is 10.2. The molecule has 0 radical (unpaired) electrons. The molecule has 2 heterocycles. The number of carbonyl (C=O) groups is 2. The molecule has 0 spiro atoms. The number of aryl methyl sites for hydroxylation is 1. The number of hydrogen-bond acceptors (Lipinski definition) is 4. The number of carbonyl (C=O) groups excluding carboxylic acids is 2. The lowest BCUT2D eigenvalue weighted by atomic mass is 9.90. The van der Waals surface area contributed by atoms with Crippen LogP contribution in [0.1, 0.15) is 61.0 Å². The number of aromatic nitrogens is 2. The Morgan fingerprint density at radius 2 is 1.75 bits per heavy atom. The second-order valence-corrected chi connectivity index (χ2v) is 9.23. The monoisotopic (exact) mass is 438 g/mol. The lowest BCUT2D eigenvalue weighted by Gasteiger charge is -2.32. The van der Waals surface area contributed by atoms with Gasteiger partial charge in [0.15, 0.2) is 0 Å². The Morgan fingerprint density at radius 3 is 2.41 bits per heavy atom. The average Bonchev–Trinajstić information content (AvgIpc) is 3.44. The molecular weight excluding hydrogens is 404 g/mol. The molecule has 2 aromatic rings. The average molecular weight is 439 g/mol. The summed E-state index contributed by atoms with van der Waals surface area (Å²) < 4.78 is 6.88. The zero-order chi connectivity index (χ0) is 22.5. The molecule has 2 amide bonds. The number of piperidine rings is 1. The van der Waals surface area contributed by atoms with Crippen LogP contribution in [0.5, 0.6) is 5.75 Å². The van der Waals surface area contributed by atoms with E-state index in [9.17, 15) is 9.59 Å². The quantitative estimate of drug-likeness (QED) is 0.708. The van der Waals surface area contributed by atoms with Crippen LogP contribution >= 0.6 is 0 Å². The van der Waals surface area contributed by atoms with Crippen molar-refractivity contribution < 1.29 is 14.3 Å². The van der Waals surface area contributed by atoms with E-state index in [1.54, 1.807) is 18.0 Å². The fraction of sp³-hybridized carbons (Fsp3) is 0.560. The van der Waals surface area contributed by atoms with Gasteiger partial charge in [-0.05, 0) is 68.2 Å². The van der Waals surface area contributed by atoms with Crippen molar-refractivity contribution in [2.75, 3.05) is 25.5 Å². The number of amides is 2. The van der Waals surface area contributed by atoms with Gasteiger partial charge in [-0.3, -0.25) is 14.3 Å². The minimum Gasteiger partial charge on any atom is -0.497 e. The maximum atomic E-state index is 12.9. The van der Waals surface area contributed by atoms with Crippen LogP contribution in [0.3, 0.4) is 0 Å². The van der Waals surface area contributed by atoms with Gasteiger partial charge in [-0.25, -0.2) is 0 Å². The molecule has 172 valence electrons. The van der Waals surface area contributed by atoms with Crippen LogP contribution in [0.4, 0.5) is 5.69 Å². The minimum absolute atomic E-state index is 0.151. The highest BCUT2D eigenvalue weighted by Crippen LogP contribution is 2.29. The molecule has 0 bridgehead atoms. The predicted molar refractivity (Wildman–Crippen MR) is 124 cm³/mol. The minimum atomic E-state index is -0.151. The standard InChI is InChI=1S/C25H34N4O3/c1-28-17-22(25(31)26-20-7-9-21(32-2)10-8-20)23(27-28)15-19-11-13-29(14-12-19)24(30)16-18-5-3-4-6-18/h7-10,17-19H,3-6,11-16H2,1-2H3,(H,26,31). The first-order valence-corrected chi connectivity index (χ1v) is 11.8. The third-order valence-electron chi connectivity index (χ3n) is 6.89. The molecule has 0 unspecified atom stereocenters. The fourth-order valence-corrected chi connectivity index (χ4v) is 5.00. The van der Waals surface area contributed by atoms with Crippen LogP contribution in [0.15, 0.2) is 30.5 Å². The zero-order valence-corrected chi connectivity index (χ0v) is 19.2. The van der Waals surface area contributed by atoms with E-state index in [-0.39, 0.29) is 5.91 Å². The molecule has 1 saturated carbocycles. The highest BCUT2D eigenvalue weighted by Gasteiger charge is 2.27. The van der Waals surface area contributed by atoms with Crippen molar-refractivity contribution >= 4 is 17.5 Å². The topological polar surface area (TPSA) is 76.5 Å². The van der Waals surface area contributed by atoms with Crippen molar-refractivity contribution in [3.63, 3.8) is 0 Å². The predicted octanol–water partition coefficient (Wildman–Crippen LogP) is 4.04. The number of nitrogens with one attached hydrogen (secondary N) is 1. The second kappa shape index (κ2) is 10.2. The third kappa shape index (κ3) is 5.50. The highest BCUT2D eigenvalue weighted by atomic mass is 16.5. The number of nitrogens with zero attached hydrogens (tertiary/aromatic N) is 3. The second-order valence-electron chi connectivity index (χ2n) is 9.23. The molecule has 1 aliphatic heterocycles. The first-order valence-electron chi connectivity index (χ1n) is 11.8. The van der Waals surface area contributed by atoms with Crippen molar-refractivity contribution in [2.24, 2.45) is 18.9 Å². The van der Waals surface area contributed by atoms with Gasteiger partial charge in [0.25, 0.3) is 5.91 Å². The van der Waals surface area contributed by atoms with E-state index in [1.807, 2.05) is 36.2 Å². The summed E-state index contributed by atoms with van der Waals surface area (Å²) in [6.45, 7) is 1.63. The maximum Gasteiger partial charge on any atom is 0.259 e. The molecule has 1 aromatic heterocycles. The third-order valence-corrected chi connectivity index (χ3v) is 6.89. The largest absolute Gasteiger partial charge is 0.497 e. The summed E-state index contributed by atoms with van der Waals surface area (Å²) in [5, 5.41) is 7.53. The van der Waals surface area contributed by atoms with Gasteiger partial charge in [0.2, 0.25) is 5.91 Å². The van der Waals surface area contributed by atoms with E-state index >= 15 is 0 Å². The van der Waals surface area contributed by atoms with Crippen LogP contribution < -0.4 is 10.1 Å².